The zero-order valence-corrected chi connectivity index (χ0v) is 7.15. The van der Waals surface area contributed by atoms with Gasteiger partial charge in [0.1, 0.15) is 13.2 Å². The first-order chi connectivity index (χ1) is 3.72. The molecule has 0 bridgehead atoms. The van der Waals surface area contributed by atoms with E-state index in [1.807, 2.05) is 0 Å². The number of hydrogen-bond donors (Lipinski definition) is 2. The molecule has 0 saturated carbocycles. The van der Waals surface area contributed by atoms with Gasteiger partial charge >= 0.3 is 0 Å². The summed E-state index contributed by atoms with van der Waals surface area (Å²) in [6, 6.07) is -1.21. The standard InChI is InChI=1S/C3H7NO4.Na/c5-1-3(2-6)4(7)8;/h3,5-6H,1-2H2;. The van der Waals surface area contributed by atoms with Crippen LogP contribution in [-0.2, 0) is 0 Å². The van der Waals surface area contributed by atoms with Crippen LogP contribution in [0.25, 0.3) is 0 Å². The van der Waals surface area contributed by atoms with Crippen molar-refractivity contribution in [1.29, 1.82) is 0 Å². The quantitative estimate of drug-likeness (QED) is 0.279. The Labute approximate surface area is 74.1 Å². The van der Waals surface area contributed by atoms with E-state index in [0.29, 0.717) is 0 Å². The number of aliphatic hydroxyl groups is 2. The van der Waals surface area contributed by atoms with Gasteiger partial charge in [0.25, 0.3) is 6.04 Å². The second-order valence-corrected chi connectivity index (χ2v) is 1.30. The zero-order valence-electron chi connectivity index (χ0n) is 5.15. The molecule has 0 saturated heterocycles. The van der Waals surface area contributed by atoms with Gasteiger partial charge < -0.3 is 10.2 Å². The number of nitro groups is 1. The second kappa shape index (κ2) is 6.44. The van der Waals surface area contributed by atoms with Gasteiger partial charge in [0.15, 0.2) is 0 Å². The van der Waals surface area contributed by atoms with Gasteiger partial charge in [-0.15, -0.1) is 0 Å². The molecule has 0 aromatic carbocycles. The summed E-state index contributed by atoms with van der Waals surface area (Å²) in [4.78, 5) is 8.92. The molecule has 0 unspecified atom stereocenters. The van der Waals surface area contributed by atoms with Gasteiger partial charge in [0, 0.05) is 34.5 Å². The van der Waals surface area contributed by atoms with E-state index in [1.54, 1.807) is 0 Å². The van der Waals surface area contributed by atoms with E-state index in [4.69, 9.17) is 10.2 Å². The zero-order chi connectivity index (χ0) is 6.57. The molecule has 5 nitrogen and oxygen atoms in total. The summed E-state index contributed by atoms with van der Waals surface area (Å²) < 4.78 is 0. The van der Waals surface area contributed by atoms with Crippen molar-refractivity contribution < 1.29 is 15.1 Å². The van der Waals surface area contributed by atoms with Crippen molar-refractivity contribution in [3.8, 4) is 0 Å². The van der Waals surface area contributed by atoms with Crippen LogP contribution in [0.15, 0.2) is 0 Å². The predicted octanol–water partition coefficient (Wildman–Crippen LogP) is -1.76. The van der Waals surface area contributed by atoms with Crippen LogP contribution in [0.2, 0.25) is 0 Å². The number of aliphatic hydroxyl groups excluding tert-OH is 2. The molecular formula is C3H7NNaO4. The summed E-state index contributed by atoms with van der Waals surface area (Å²) in [6.45, 7) is -1.22. The molecule has 0 aromatic heterocycles. The van der Waals surface area contributed by atoms with Crippen LogP contribution in [0.5, 0.6) is 0 Å². The maximum absolute atomic E-state index is 9.65. The van der Waals surface area contributed by atoms with Gasteiger partial charge in [0.05, 0.1) is 0 Å². The molecule has 49 valence electrons. The van der Waals surface area contributed by atoms with E-state index in [0.717, 1.165) is 0 Å². The van der Waals surface area contributed by atoms with Gasteiger partial charge in [-0.1, -0.05) is 0 Å². The number of hydrogen-bond acceptors (Lipinski definition) is 4. The average molecular weight is 144 g/mol. The minimum Gasteiger partial charge on any atom is -0.389 e. The van der Waals surface area contributed by atoms with Crippen LogP contribution in [-0.4, -0.2) is 63.9 Å². The van der Waals surface area contributed by atoms with Crippen molar-refractivity contribution in [2.75, 3.05) is 13.2 Å². The molecule has 0 atom stereocenters. The van der Waals surface area contributed by atoms with Crippen LogP contribution in [0.4, 0.5) is 0 Å². The monoisotopic (exact) mass is 144 g/mol. The Kier molecular flexibility index (Phi) is 8.62. The molecule has 9 heavy (non-hydrogen) atoms. The van der Waals surface area contributed by atoms with Crippen molar-refractivity contribution in [3.05, 3.63) is 10.1 Å². The second-order valence-electron chi connectivity index (χ2n) is 1.30. The Bertz CT molecular complexity index is 83.9. The molecule has 0 fully saturated rings. The molecule has 6 heteroatoms. The molecule has 0 aliphatic rings. The predicted molar refractivity (Wildman–Crippen MR) is 30.7 cm³/mol. The van der Waals surface area contributed by atoms with Crippen LogP contribution < -0.4 is 0 Å². The number of nitrogens with zero attached hydrogens (tertiary/aromatic N) is 1. The topological polar surface area (TPSA) is 83.6 Å². The van der Waals surface area contributed by atoms with E-state index in [1.165, 1.54) is 0 Å². The van der Waals surface area contributed by atoms with Crippen molar-refractivity contribution in [3.63, 3.8) is 0 Å². The molecule has 0 aliphatic carbocycles. The molecule has 0 heterocycles. The molecular weight excluding hydrogens is 137 g/mol. The maximum Gasteiger partial charge on any atom is 0.258 e. The Morgan fingerprint density at radius 1 is 1.44 bits per heavy atom. The van der Waals surface area contributed by atoms with Gasteiger partial charge in [-0.25, -0.2) is 0 Å². The first kappa shape index (κ1) is 12.0. The van der Waals surface area contributed by atoms with Crippen molar-refractivity contribution >= 4 is 29.6 Å². The molecule has 0 aliphatic heterocycles. The summed E-state index contributed by atoms with van der Waals surface area (Å²) in [5.41, 5.74) is 0. The minimum atomic E-state index is -1.21. The molecule has 0 spiro atoms. The SMILES string of the molecule is O=[N+]([O-])C(CO)CO.[Na]. The Morgan fingerprint density at radius 3 is 1.78 bits per heavy atom. The summed E-state index contributed by atoms with van der Waals surface area (Å²) in [5.74, 6) is 0. The van der Waals surface area contributed by atoms with E-state index in [-0.39, 0.29) is 29.6 Å². The van der Waals surface area contributed by atoms with Crippen LogP contribution in [0.1, 0.15) is 0 Å². The minimum absolute atomic E-state index is 0. The third-order valence-corrected chi connectivity index (χ3v) is 0.720. The third kappa shape index (κ3) is 4.80. The fourth-order valence-corrected chi connectivity index (χ4v) is 0.191. The van der Waals surface area contributed by atoms with Crippen molar-refractivity contribution in [2.24, 2.45) is 0 Å². The van der Waals surface area contributed by atoms with E-state index >= 15 is 0 Å². The normalized spacial score (nSPS) is 8.78. The molecule has 0 rings (SSSR count). The number of rotatable bonds is 3. The summed E-state index contributed by atoms with van der Waals surface area (Å²) in [5, 5.41) is 25.8. The van der Waals surface area contributed by atoms with E-state index in [9.17, 15) is 10.1 Å². The van der Waals surface area contributed by atoms with Crippen LogP contribution in [0, 0.1) is 10.1 Å². The van der Waals surface area contributed by atoms with E-state index < -0.39 is 24.2 Å². The largest absolute Gasteiger partial charge is 0.389 e. The van der Waals surface area contributed by atoms with Gasteiger partial charge in [-0.2, -0.15) is 0 Å². The van der Waals surface area contributed by atoms with Gasteiger partial charge in [-0.05, 0) is 0 Å². The fraction of sp³-hybridized carbons (Fsp3) is 1.00. The molecule has 1 radical (unpaired) electrons. The van der Waals surface area contributed by atoms with Gasteiger partial charge in [-0.3, -0.25) is 10.1 Å². The van der Waals surface area contributed by atoms with E-state index in [2.05, 4.69) is 0 Å². The average Bonchev–Trinajstić information content (AvgIpc) is 1.69. The van der Waals surface area contributed by atoms with Gasteiger partial charge in [0.2, 0.25) is 0 Å². The maximum atomic E-state index is 9.65. The van der Waals surface area contributed by atoms with Crippen LogP contribution in [0.3, 0.4) is 0 Å². The Balaban J connectivity index is 0. The molecule has 2 N–H and O–H groups in total. The van der Waals surface area contributed by atoms with Crippen LogP contribution >= 0.6 is 0 Å². The Morgan fingerprint density at radius 2 is 1.78 bits per heavy atom. The molecule has 0 aromatic rings. The van der Waals surface area contributed by atoms with Crippen molar-refractivity contribution in [1.82, 2.24) is 0 Å². The fourth-order valence-electron chi connectivity index (χ4n) is 0.191. The smallest absolute Gasteiger partial charge is 0.258 e. The molecule has 0 amide bonds. The Hall–Kier alpha value is 0.320. The summed E-state index contributed by atoms with van der Waals surface area (Å²) in [6.07, 6.45) is 0. The van der Waals surface area contributed by atoms with Crippen molar-refractivity contribution in [2.45, 2.75) is 6.04 Å². The third-order valence-electron chi connectivity index (χ3n) is 0.720. The summed E-state index contributed by atoms with van der Waals surface area (Å²) >= 11 is 0. The first-order valence-corrected chi connectivity index (χ1v) is 2.07. The first-order valence-electron chi connectivity index (χ1n) is 2.07. The summed E-state index contributed by atoms with van der Waals surface area (Å²) in [7, 11) is 0.